The Kier molecular flexibility index (Phi) is 3.61. The van der Waals surface area contributed by atoms with E-state index in [9.17, 15) is 25.4 Å². The van der Waals surface area contributed by atoms with Crippen molar-refractivity contribution in [2.24, 2.45) is 34.5 Å². The van der Waals surface area contributed by atoms with Crippen molar-refractivity contribution >= 4 is 17.8 Å². The highest BCUT2D eigenvalue weighted by atomic mass is 16.1. The van der Waals surface area contributed by atoms with Crippen molar-refractivity contribution in [2.75, 3.05) is 0 Å². The van der Waals surface area contributed by atoms with Crippen LogP contribution in [0.3, 0.4) is 0 Å². The van der Waals surface area contributed by atoms with E-state index in [4.69, 9.17) is 5.41 Å². The summed E-state index contributed by atoms with van der Waals surface area (Å²) in [6.45, 7) is 0. The van der Waals surface area contributed by atoms with Crippen LogP contribution in [-0.4, -0.2) is 17.8 Å². The second-order valence-electron chi connectivity index (χ2n) is 7.04. The van der Waals surface area contributed by atoms with E-state index in [1.807, 2.05) is 24.3 Å². The van der Waals surface area contributed by atoms with Gasteiger partial charge in [0.1, 0.15) is 17.5 Å². The summed E-state index contributed by atoms with van der Waals surface area (Å²) in [5.74, 6) is -0.835. The number of nitrogens with zero attached hydrogens (tertiary/aromatic N) is 3. The van der Waals surface area contributed by atoms with Crippen LogP contribution in [0.2, 0.25) is 0 Å². The van der Waals surface area contributed by atoms with E-state index >= 15 is 0 Å². The van der Waals surface area contributed by atoms with Crippen LogP contribution in [-0.2, 0) is 9.59 Å². The predicted octanol–water partition coefficient (Wildman–Crippen LogP) is 1.94. The fourth-order valence-corrected chi connectivity index (χ4v) is 4.56. The van der Waals surface area contributed by atoms with Crippen LogP contribution in [0.25, 0.3) is 0 Å². The van der Waals surface area contributed by atoms with E-state index in [0.717, 1.165) is 12.8 Å². The van der Waals surface area contributed by atoms with Crippen molar-refractivity contribution in [3.8, 4) is 18.2 Å². The van der Waals surface area contributed by atoms with Crippen LogP contribution in [0, 0.1) is 73.9 Å². The summed E-state index contributed by atoms with van der Waals surface area (Å²) < 4.78 is 0. The summed E-state index contributed by atoms with van der Waals surface area (Å²) in [6, 6.07) is 5.60. The van der Waals surface area contributed by atoms with Gasteiger partial charge in [-0.1, -0.05) is 12.2 Å². The third kappa shape index (κ3) is 1.88. The first-order chi connectivity index (χ1) is 11.5. The molecule has 3 rings (SSSR count). The number of nitrogens with one attached hydrogen (secondary N) is 1. The lowest BCUT2D eigenvalue weighted by Gasteiger charge is -2.31. The lowest BCUT2D eigenvalue weighted by Crippen LogP contribution is -2.42. The Labute approximate surface area is 139 Å². The molecule has 0 aliphatic heterocycles. The van der Waals surface area contributed by atoms with Crippen molar-refractivity contribution in [3.05, 3.63) is 12.2 Å². The van der Waals surface area contributed by atoms with Gasteiger partial charge in [0, 0.05) is 18.1 Å². The topological polar surface area (TPSA) is 129 Å². The summed E-state index contributed by atoms with van der Waals surface area (Å²) in [5, 5.41) is 37.0. The summed E-state index contributed by atoms with van der Waals surface area (Å²) in [5.41, 5.74) is -3.92. The first-order valence-corrected chi connectivity index (χ1v) is 7.96. The van der Waals surface area contributed by atoms with Crippen LogP contribution in [0.1, 0.15) is 25.7 Å². The van der Waals surface area contributed by atoms with Gasteiger partial charge in [0.15, 0.2) is 5.41 Å². The Morgan fingerprint density at radius 3 is 2.42 bits per heavy atom. The lowest BCUT2D eigenvalue weighted by atomic mass is 9.63. The number of allylic oxidation sites excluding steroid dienone is 2. The van der Waals surface area contributed by atoms with E-state index in [-0.39, 0.29) is 36.2 Å². The van der Waals surface area contributed by atoms with E-state index in [0.29, 0.717) is 12.2 Å². The number of aldehydes is 1. The highest BCUT2D eigenvalue weighted by Gasteiger charge is 2.65. The van der Waals surface area contributed by atoms with Crippen molar-refractivity contribution in [1.29, 1.82) is 21.2 Å². The first-order valence-electron chi connectivity index (χ1n) is 7.96. The quantitative estimate of drug-likeness (QED) is 0.625. The van der Waals surface area contributed by atoms with E-state index in [1.165, 1.54) is 0 Å². The standard InChI is InChI=1S/C18H16N4O2/c19-8-17(9-20)5-13(7-23)16(22)18(17,10-21)6-15(24)14-4-11-1-2-12(14)3-11/h1-2,7,11-14,22H,3-6H2/t11-,12+,13?,14+,18-/m0/s1. The molecular formula is C18H16N4O2. The number of carbonyl (C=O) groups is 2. The third-order valence-electron chi connectivity index (χ3n) is 5.95. The maximum atomic E-state index is 12.8. The minimum atomic E-state index is -1.83. The molecule has 2 saturated carbocycles. The largest absolute Gasteiger partial charge is 0.307 e. The fraction of sp³-hybridized carbons (Fsp3) is 0.556. The molecule has 0 spiro atoms. The Balaban J connectivity index is 1.97. The normalized spacial score (nSPS) is 38.3. The first kappa shape index (κ1) is 16.1. The van der Waals surface area contributed by atoms with Gasteiger partial charge in [-0.25, -0.2) is 0 Å². The van der Waals surface area contributed by atoms with Gasteiger partial charge in [0.25, 0.3) is 0 Å². The molecular weight excluding hydrogens is 304 g/mol. The van der Waals surface area contributed by atoms with Crippen molar-refractivity contribution in [3.63, 3.8) is 0 Å². The lowest BCUT2D eigenvalue weighted by molar-refractivity contribution is -0.125. The third-order valence-corrected chi connectivity index (χ3v) is 5.95. The fourth-order valence-electron chi connectivity index (χ4n) is 4.56. The van der Waals surface area contributed by atoms with E-state index in [2.05, 4.69) is 6.08 Å². The number of hydrogen-bond acceptors (Lipinski definition) is 6. The number of carbonyl (C=O) groups excluding carboxylic acids is 2. The van der Waals surface area contributed by atoms with E-state index in [1.54, 1.807) is 0 Å². The number of fused-ring (bicyclic) bond motifs is 2. The van der Waals surface area contributed by atoms with Crippen molar-refractivity contribution in [2.45, 2.75) is 25.7 Å². The zero-order valence-electron chi connectivity index (χ0n) is 13.0. The molecule has 6 nitrogen and oxygen atoms in total. The summed E-state index contributed by atoms with van der Waals surface area (Å²) in [6.07, 6.45) is 5.73. The Hall–Kier alpha value is -2.78. The molecule has 0 aromatic carbocycles. The minimum absolute atomic E-state index is 0.147. The SMILES string of the molecule is N#CC1(C#N)CC(C=O)C(=N)[C@@]1(C#N)CC(=O)[C@@H]1C[C@H]2C=C[C@@H]1C2. The van der Waals surface area contributed by atoms with Gasteiger partial charge in [-0.15, -0.1) is 0 Å². The molecule has 2 bridgehead atoms. The summed E-state index contributed by atoms with van der Waals surface area (Å²) in [4.78, 5) is 24.1. The predicted molar refractivity (Wildman–Crippen MR) is 82.1 cm³/mol. The summed E-state index contributed by atoms with van der Waals surface area (Å²) >= 11 is 0. The Bertz CT molecular complexity index is 764. The molecule has 1 unspecified atom stereocenters. The molecule has 0 saturated heterocycles. The highest BCUT2D eigenvalue weighted by molar-refractivity contribution is 6.07. The van der Waals surface area contributed by atoms with Gasteiger partial charge in [-0.05, 0) is 31.1 Å². The highest BCUT2D eigenvalue weighted by Crippen LogP contribution is 2.55. The van der Waals surface area contributed by atoms with Gasteiger partial charge in [-0.2, -0.15) is 15.8 Å². The molecule has 1 N–H and O–H groups in total. The molecule has 3 aliphatic rings. The maximum Gasteiger partial charge on any atom is 0.169 e. The zero-order valence-corrected chi connectivity index (χ0v) is 13.0. The number of hydrogen-bond donors (Lipinski definition) is 1. The van der Waals surface area contributed by atoms with Crippen LogP contribution < -0.4 is 0 Å². The number of ketones is 1. The van der Waals surface area contributed by atoms with Gasteiger partial charge < -0.3 is 10.2 Å². The average molecular weight is 320 g/mol. The minimum Gasteiger partial charge on any atom is -0.307 e. The molecule has 2 fully saturated rings. The molecule has 120 valence electrons. The van der Waals surface area contributed by atoms with Crippen LogP contribution >= 0.6 is 0 Å². The van der Waals surface area contributed by atoms with Crippen LogP contribution in [0.4, 0.5) is 0 Å². The van der Waals surface area contributed by atoms with Gasteiger partial charge in [-0.3, -0.25) is 4.79 Å². The molecule has 0 heterocycles. The molecule has 0 aromatic rings. The number of rotatable bonds is 4. The molecule has 3 aliphatic carbocycles. The molecule has 0 aromatic heterocycles. The van der Waals surface area contributed by atoms with Crippen LogP contribution in [0.5, 0.6) is 0 Å². The van der Waals surface area contributed by atoms with Gasteiger partial charge >= 0.3 is 0 Å². The number of Topliss-reactive ketones (excluding diaryl/α,β-unsaturated/α-hetero) is 1. The van der Waals surface area contributed by atoms with Crippen molar-refractivity contribution < 1.29 is 9.59 Å². The van der Waals surface area contributed by atoms with Crippen LogP contribution in [0.15, 0.2) is 12.2 Å². The molecule has 5 atom stereocenters. The van der Waals surface area contributed by atoms with E-state index < -0.39 is 16.7 Å². The molecule has 24 heavy (non-hydrogen) atoms. The van der Waals surface area contributed by atoms with Gasteiger partial charge in [0.2, 0.25) is 0 Å². The smallest absolute Gasteiger partial charge is 0.169 e. The molecule has 6 heteroatoms. The average Bonchev–Trinajstić information content (AvgIpc) is 3.29. The second kappa shape index (κ2) is 5.39. The number of nitriles is 3. The molecule has 0 amide bonds. The van der Waals surface area contributed by atoms with Crippen molar-refractivity contribution in [1.82, 2.24) is 0 Å². The maximum absolute atomic E-state index is 12.8. The Morgan fingerprint density at radius 1 is 1.25 bits per heavy atom. The summed E-state index contributed by atoms with van der Waals surface area (Å²) in [7, 11) is 0. The monoisotopic (exact) mass is 320 g/mol. The molecule has 0 radical (unpaired) electrons. The Morgan fingerprint density at radius 2 is 1.96 bits per heavy atom. The van der Waals surface area contributed by atoms with Gasteiger partial charge in [0.05, 0.1) is 24.1 Å². The second-order valence-corrected chi connectivity index (χ2v) is 7.04. The zero-order chi connectivity index (χ0) is 17.5.